The van der Waals surface area contributed by atoms with Crippen molar-refractivity contribution >= 4 is 0 Å². The Morgan fingerprint density at radius 3 is 2.67 bits per heavy atom. The predicted octanol–water partition coefficient (Wildman–Crippen LogP) is 3.57. The van der Waals surface area contributed by atoms with Crippen molar-refractivity contribution in [3.63, 3.8) is 0 Å². The first kappa shape index (κ1) is 13.4. The second kappa shape index (κ2) is 5.75. The van der Waals surface area contributed by atoms with E-state index >= 15 is 0 Å². The van der Waals surface area contributed by atoms with Gasteiger partial charge < -0.3 is 9.84 Å². The van der Waals surface area contributed by atoms with Crippen molar-refractivity contribution in [2.45, 2.75) is 51.0 Å². The van der Waals surface area contributed by atoms with Crippen LogP contribution in [0.1, 0.15) is 44.6 Å². The van der Waals surface area contributed by atoms with Gasteiger partial charge in [-0.15, -0.1) is 0 Å². The summed E-state index contributed by atoms with van der Waals surface area (Å²) in [6.07, 6.45) is 6.19. The molecule has 1 saturated carbocycles. The summed E-state index contributed by atoms with van der Waals surface area (Å²) >= 11 is 0. The Morgan fingerprint density at radius 2 is 2.06 bits per heavy atom. The Morgan fingerprint density at radius 1 is 1.33 bits per heavy atom. The number of ether oxygens (including phenoxy) is 1. The molecule has 0 saturated heterocycles. The summed E-state index contributed by atoms with van der Waals surface area (Å²) in [6.45, 7) is 2.25. The SMILES string of the molecule is COc1ccc(CCC2(O)CCCC(C)C2)cc1. The summed E-state index contributed by atoms with van der Waals surface area (Å²) in [5.74, 6) is 1.56. The molecule has 1 N–H and O–H groups in total. The Kier molecular flexibility index (Phi) is 4.28. The van der Waals surface area contributed by atoms with Crippen molar-refractivity contribution in [1.82, 2.24) is 0 Å². The van der Waals surface area contributed by atoms with Gasteiger partial charge in [0.25, 0.3) is 0 Å². The molecule has 0 heterocycles. The Bertz CT molecular complexity index is 371. The molecule has 0 spiro atoms. The summed E-state index contributed by atoms with van der Waals surface area (Å²) in [4.78, 5) is 0. The molecule has 2 unspecified atom stereocenters. The average Bonchev–Trinajstić information content (AvgIpc) is 2.37. The van der Waals surface area contributed by atoms with Gasteiger partial charge in [0, 0.05) is 0 Å². The van der Waals surface area contributed by atoms with Crippen LogP contribution in [0.15, 0.2) is 24.3 Å². The van der Waals surface area contributed by atoms with Crippen LogP contribution >= 0.6 is 0 Å². The fraction of sp³-hybridized carbons (Fsp3) is 0.625. The lowest BCUT2D eigenvalue weighted by atomic mass is 9.76. The van der Waals surface area contributed by atoms with E-state index in [9.17, 15) is 5.11 Å². The second-order valence-corrected chi connectivity index (χ2v) is 5.77. The monoisotopic (exact) mass is 248 g/mol. The number of hydrogen-bond donors (Lipinski definition) is 1. The van der Waals surface area contributed by atoms with E-state index in [1.165, 1.54) is 18.4 Å². The smallest absolute Gasteiger partial charge is 0.118 e. The van der Waals surface area contributed by atoms with E-state index in [0.29, 0.717) is 5.92 Å². The fourth-order valence-corrected chi connectivity index (χ4v) is 3.03. The van der Waals surface area contributed by atoms with Crippen molar-refractivity contribution in [2.24, 2.45) is 5.92 Å². The molecule has 0 radical (unpaired) electrons. The number of hydrogen-bond acceptors (Lipinski definition) is 2. The molecule has 1 aliphatic rings. The highest BCUT2D eigenvalue weighted by Gasteiger charge is 2.31. The minimum Gasteiger partial charge on any atom is -0.497 e. The average molecular weight is 248 g/mol. The highest BCUT2D eigenvalue weighted by Crippen LogP contribution is 2.35. The van der Waals surface area contributed by atoms with E-state index in [1.807, 2.05) is 12.1 Å². The summed E-state index contributed by atoms with van der Waals surface area (Å²) < 4.78 is 5.15. The van der Waals surface area contributed by atoms with E-state index in [1.54, 1.807) is 7.11 Å². The second-order valence-electron chi connectivity index (χ2n) is 5.77. The Labute approximate surface area is 110 Å². The van der Waals surface area contributed by atoms with Gasteiger partial charge in [-0.2, -0.15) is 0 Å². The van der Waals surface area contributed by atoms with Crippen LogP contribution in [0.2, 0.25) is 0 Å². The number of aliphatic hydroxyl groups is 1. The first-order valence-electron chi connectivity index (χ1n) is 6.97. The Hall–Kier alpha value is -1.02. The summed E-state index contributed by atoms with van der Waals surface area (Å²) in [5, 5.41) is 10.6. The molecule has 1 aliphatic carbocycles. The van der Waals surface area contributed by atoms with Crippen molar-refractivity contribution < 1.29 is 9.84 Å². The van der Waals surface area contributed by atoms with Gasteiger partial charge in [0.1, 0.15) is 5.75 Å². The van der Waals surface area contributed by atoms with Gasteiger partial charge in [0.2, 0.25) is 0 Å². The predicted molar refractivity (Wildman–Crippen MR) is 73.9 cm³/mol. The van der Waals surface area contributed by atoms with Gasteiger partial charge in [-0.05, 0) is 49.3 Å². The molecule has 18 heavy (non-hydrogen) atoms. The van der Waals surface area contributed by atoms with Crippen LogP contribution in [-0.2, 0) is 6.42 Å². The summed E-state index contributed by atoms with van der Waals surface area (Å²) in [7, 11) is 1.68. The molecule has 2 heteroatoms. The fourth-order valence-electron chi connectivity index (χ4n) is 3.03. The third-order valence-electron chi connectivity index (χ3n) is 4.11. The zero-order valence-electron chi connectivity index (χ0n) is 11.5. The topological polar surface area (TPSA) is 29.5 Å². The third-order valence-corrected chi connectivity index (χ3v) is 4.11. The number of methoxy groups -OCH3 is 1. The van der Waals surface area contributed by atoms with Gasteiger partial charge in [-0.3, -0.25) is 0 Å². The van der Waals surface area contributed by atoms with Crippen LogP contribution in [0.4, 0.5) is 0 Å². The first-order chi connectivity index (χ1) is 8.61. The van der Waals surface area contributed by atoms with Gasteiger partial charge in [0.05, 0.1) is 12.7 Å². The van der Waals surface area contributed by atoms with Gasteiger partial charge in [-0.25, -0.2) is 0 Å². The number of benzene rings is 1. The van der Waals surface area contributed by atoms with E-state index < -0.39 is 5.60 Å². The molecule has 1 aromatic carbocycles. The minimum absolute atomic E-state index is 0.433. The molecule has 1 aromatic rings. The maximum Gasteiger partial charge on any atom is 0.118 e. The molecule has 0 bridgehead atoms. The van der Waals surface area contributed by atoms with Crippen LogP contribution in [-0.4, -0.2) is 17.8 Å². The molecule has 0 aliphatic heterocycles. The largest absolute Gasteiger partial charge is 0.497 e. The lowest BCUT2D eigenvalue weighted by molar-refractivity contribution is -0.0197. The first-order valence-corrected chi connectivity index (χ1v) is 6.97. The maximum atomic E-state index is 10.6. The minimum atomic E-state index is -0.433. The summed E-state index contributed by atoms with van der Waals surface area (Å²) in [5.41, 5.74) is 0.847. The van der Waals surface area contributed by atoms with Crippen LogP contribution in [0, 0.1) is 5.92 Å². The molecule has 0 aromatic heterocycles. The quantitative estimate of drug-likeness (QED) is 0.882. The molecule has 2 atom stereocenters. The number of aryl methyl sites for hydroxylation is 1. The molecule has 100 valence electrons. The number of rotatable bonds is 4. The van der Waals surface area contributed by atoms with Crippen LogP contribution in [0.3, 0.4) is 0 Å². The van der Waals surface area contributed by atoms with E-state index in [2.05, 4.69) is 19.1 Å². The lowest BCUT2D eigenvalue weighted by Gasteiger charge is -2.35. The van der Waals surface area contributed by atoms with E-state index in [0.717, 1.165) is 31.4 Å². The van der Waals surface area contributed by atoms with Crippen molar-refractivity contribution in [1.29, 1.82) is 0 Å². The van der Waals surface area contributed by atoms with Gasteiger partial charge in [-0.1, -0.05) is 31.9 Å². The standard InChI is InChI=1S/C16H24O2/c1-13-4-3-10-16(17,12-13)11-9-14-5-7-15(18-2)8-6-14/h5-8,13,17H,3-4,9-12H2,1-2H3. The summed E-state index contributed by atoms with van der Waals surface area (Å²) in [6, 6.07) is 8.16. The molecule has 0 amide bonds. The highest BCUT2D eigenvalue weighted by molar-refractivity contribution is 5.27. The van der Waals surface area contributed by atoms with Crippen LogP contribution in [0.25, 0.3) is 0 Å². The van der Waals surface area contributed by atoms with Crippen LogP contribution < -0.4 is 4.74 Å². The van der Waals surface area contributed by atoms with Crippen molar-refractivity contribution in [3.05, 3.63) is 29.8 Å². The van der Waals surface area contributed by atoms with Crippen molar-refractivity contribution in [2.75, 3.05) is 7.11 Å². The Balaban J connectivity index is 1.89. The van der Waals surface area contributed by atoms with E-state index in [4.69, 9.17) is 4.74 Å². The zero-order valence-corrected chi connectivity index (χ0v) is 11.5. The molecule has 1 fully saturated rings. The normalized spacial score (nSPS) is 28.1. The van der Waals surface area contributed by atoms with E-state index in [-0.39, 0.29) is 0 Å². The third kappa shape index (κ3) is 3.49. The molecular formula is C16H24O2. The maximum absolute atomic E-state index is 10.6. The highest BCUT2D eigenvalue weighted by atomic mass is 16.5. The lowest BCUT2D eigenvalue weighted by Crippen LogP contribution is -2.34. The van der Waals surface area contributed by atoms with Gasteiger partial charge >= 0.3 is 0 Å². The molecular weight excluding hydrogens is 224 g/mol. The molecule has 2 nitrogen and oxygen atoms in total. The van der Waals surface area contributed by atoms with Crippen LogP contribution in [0.5, 0.6) is 5.75 Å². The molecule has 2 rings (SSSR count). The van der Waals surface area contributed by atoms with Crippen molar-refractivity contribution in [3.8, 4) is 5.75 Å². The zero-order chi connectivity index (χ0) is 13.0. The van der Waals surface area contributed by atoms with Gasteiger partial charge in [0.15, 0.2) is 0 Å².